The van der Waals surface area contributed by atoms with Crippen LogP contribution in [0.4, 0.5) is 0 Å². The van der Waals surface area contributed by atoms with Gasteiger partial charge in [0, 0.05) is 47.3 Å². The highest BCUT2D eigenvalue weighted by molar-refractivity contribution is 7.89. The number of carbonyl (C=O) groups excluding carboxylic acids is 1. The predicted molar refractivity (Wildman–Crippen MR) is 147 cm³/mol. The Labute approximate surface area is 222 Å². The van der Waals surface area contributed by atoms with Gasteiger partial charge in [-0.15, -0.1) is 11.3 Å². The number of ether oxygens (including phenoxy) is 3. The van der Waals surface area contributed by atoms with E-state index in [0.29, 0.717) is 23.7 Å². The van der Waals surface area contributed by atoms with Crippen molar-refractivity contribution in [3.8, 4) is 21.9 Å². The van der Waals surface area contributed by atoms with Gasteiger partial charge < -0.3 is 14.2 Å². The fraction of sp³-hybridized carbons (Fsp3) is 0.296. The average molecular weight is 545 g/mol. The second-order valence-electron chi connectivity index (χ2n) is 8.14. The van der Waals surface area contributed by atoms with Crippen molar-refractivity contribution in [3.05, 3.63) is 71.1 Å². The van der Waals surface area contributed by atoms with E-state index in [1.165, 1.54) is 30.3 Å². The van der Waals surface area contributed by atoms with Crippen molar-refractivity contribution in [1.82, 2.24) is 4.90 Å². The van der Waals surface area contributed by atoms with E-state index < -0.39 is 10.0 Å². The zero-order valence-electron chi connectivity index (χ0n) is 19.9. The van der Waals surface area contributed by atoms with Crippen molar-refractivity contribution in [2.75, 3.05) is 46.6 Å². The van der Waals surface area contributed by atoms with E-state index in [9.17, 15) is 13.2 Å². The van der Waals surface area contributed by atoms with Crippen LogP contribution in [0.5, 0.6) is 11.5 Å². The van der Waals surface area contributed by atoms with E-state index in [0.717, 1.165) is 48.9 Å². The molecule has 1 fully saturated rings. The van der Waals surface area contributed by atoms with Crippen LogP contribution in [0.25, 0.3) is 16.5 Å². The fourth-order valence-electron chi connectivity index (χ4n) is 3.81. The summed E-state index contributed by atoms with van der Waals surface area (Å²) in [6, 6.07) is 13.3. The lowest BCUT2D eigenvalue weighted by molar-refractivity contribution is 0.0322. The van der Waals surface area contributed by atoms with E-state index in [1.807, 2.05) is 29.6 Å². The van der Waals surface area contributed by atoms with Gasteiger partial charge in [-0.1, -0.05) is 13.5 Å². The Kier molecular flexibility index (Phi) is 10.0. The van der Waals surface area contributed by atoms with Crippen LogP contribution in [0.15, 0.2) is 64.9 Å². The summed E-state index contributed by atoms with van der Waals surface area (Å²) in [5.74, 6) is 1.01. The van der Waals surface area contributed by atoms with E-state index in [4.69, 9.17) is 19.3 Å². The Bertz CT molecular complexity index is 1310. The molecule has 0 spiro atoms. The summed E-state index contributed by atoms with van der Waals surface area (Å²) in [5, 5.41) is 7.13. The highest BCUT2D eigenvalue weighted by atomic mass is 32.2. The third kappa shape index (κ3) is 7.50. The third-order valence-electron chi connectivity index (χ3n) is 5.77. The van der Waals surface area contributed by atoms with Crippen LogP contribution in [0, 0.1) is 0 Å². The number of rotatable bonds is 10. The van der Waals surface area contributed by atoms with Crippen LogP contribution in [-0.4, -0.2) is 65.7 Å². The molecule has 3 aromatic rings. The Hall–Kier alpha value is -3.02. The molecule has 2 N–H and O–H groups in total. The largest absolute Gasteiger partial charge is 0.496 e. The van der Waals surface area contributed by atoms with Crippen molar-refractivity contribution >= 4 is 33.2 Å². The summed E-state index contributed by atoms with van der Waals surface area (Å²) < 4.78 is 40.1. The molecule has 1 aromatic heterocycles. The summed E-state index contributed by atoms with van der Waals surface area (Å²) in [7, 11) is -2.20. The summed E-state index contributed by atoms with van der Waals surface area (Å²) in [4.78, 5) is 16.1. The standard InChI is InChI=1S/C26H28N2O6S2.CH4/c1-32-25-18-24(34-15-12-28-10-13-33-14-11-28)20(17-22(25)26-3-2-16-35-26)6-9-23(29)19-4-7-21(8-5-19)36(27,30)31;/h2-9,16-18H,10-15H2,1H3,(H2,27,30,31);1H4/b9-6+;. The number of thiophene rings is 1. The number of hydrogen-bond acceptors (Lipinski definition) is 8. The summed E-state index contributed by atoms with van der Waals surface area (Å²) in [5.41, 5.74) is 1.98. The van der Waals surface area contributed by atoms with Crippen LogP contribution >= 0.6 is 11.3 Å². The molecule has 4 rings (SSSR count). The molecule has 2 aromatic carbocycles. The number of primary sulfonamides is 1. The molecular formula is C27H32N2O6S2. The molecule has 10 heteroatoms. The van der Waals surface area contributed by atoms with E-state index >= 15 is 0 Å². The van der Waals surface area contributed by atoms with Gasteiger partial charge in [0.2, 0.25) is 10.0 Å². The molecule has 0 bridgehead atoms. The van der Waals surface area contributed by atoms with E-state index in [1.54, 1.807) is 24.5 Å². The van der Waals surface area contributed by atoms with Gasteiger partial charge in [-0.25, -0.2) is 13.6 Å². The Morgan fingerprint density at radius 3 is 2.49 bits per heavy atom. The van der Waals surface area contributed by atoms with Gasteiger partial charge >= 0.3 is 0 Å². The molecule has 0 unspecified atom stereocenters. The minimum atomic E-state index is -3.82. The number of methoxy groups -OCH3 is 1. The van der Waals surface area contributed by atoms with Crippen molar-refractivity contribution in [3.63, 3.8) is 0 Å². The normalized spacial score (nSPS) is 14.3. The lowest BCUT2D eigenvalue weighted by atomic mass is 10.0. The summed E-state index contributed by atoms with van der Waals surface area (Å²) >= 11 is 1.59. The zero-order chi connectivity index (χ0) is 25.5. The first-order chi connectivity index (χ1) is 17.3. The highest BCUT2D eigenvalue weighted by Gasteiger charge is 2.15. The zero-order valence-corrected chi connectivity index (χ0v) is 21.5. The van der Waals surface area contributed by atoms with Crippen LogP contribution in [0.2, 0.25) is 0 Å². The molecule has 0 aliphatic carbocycles. The molecule has 37 heavy (non-hydrogen) atoms. The number of ketones is 1. The van der Waals surface area contributed by atoms with E-state index in [-0.39, 0.29) is 18.1 Å². The molecular weight excluding hydrogens is 512 g/mol. The number of sulfonamides is 1. The first-order valence-corrected chi connectivity index (χ1v) is 13.8. The molecule has 1 aliphatic rings. The SMILES string of the molecule is C.COc1cc(OCCN2CCOCC2)c(/C=C/C(=O)c2ccc(S(N)(=O)=O)cc2)cc1-c1cccs1. The molecule has 1 aliphatic heterocycles. The number of morpholine rings is 1. The van der Waals surface area contributed by atoms with Gasteiger partial charge in [-0.3, -0.25) is 9.69 Å². The first-order valence-electron chi connectivity index (χ1n) is 11.4. The van der Waals surface area contributed by atoms with Crippen molar-refractivity contribution in [2.45, 2.75) is 12.3 Å². The van der Waals surface area contributed by atoms with Crippen molar-refractivity contribution in [1.29, 1.82) is 0 Å². The number of nitrogens with two attached hydrogens (primary N) is 1. The maximum atomic E-state index is 12.8. The molecule has 0 saturated carbocycles. The van der Waals surface area contributed by atoms with Crippen LogP contribution in [0.3, 0.4) is 0 Å². The van der Waals surface area contributed by atoms with Crippen LogP contribution in [-0.2, 0) is 14.8 Å². The molecule has 198 valence electrons. The van der Waals surface area contributed by atoms with Gasteiger partial charge in [0.05, 0.1) is 25.2 Å². The monoisotopic (exact) mass is 544 g/mol. The van der Waals surface area contributed by atoms with Gasteiger partial charge in [0.15, 0.2) is 5.78 Å². The van der Waals surface area contributed by atoms with Crippen LogP contribution in [0.1, 0.15) is 23.3 Å². The second kappa shape index (κ2) is 13.0. The number of allylic oxidation sites excluding steroid dienone is 1. The van der Waals surface area contributed by atoms with Gasteiger partial charge in [0.25, 0.3) is 0 Å². The Morgan fingerprint density at radius 1 is 1.14 bits per heavy atom. The predicted octanol–water partition coefficient (Wildman–Crippen LogP) is 4.31. The Morgan fingerprint density at radius 2 is 1.86 bits per heavy atom. The van der Waals surface area contributed by atoms with Crippen molar-refractivity contribution in [2.24, 2.45) is 5.14 Å². The second-order valence-corrected chi connectivity index (χ2v) is 10.6. The molecule has 0 radical (unpaired) electrons. The first kappa shape index (κ1) is 28.5. The van der Waals surface area contributed by atoms with Gasteiger partial charge in [-0.05, 0) is 53.9 Å². The quantitative estimate of drug-likeness (QED) is 0.299. The highest BCUT2D eigenvalue weighted by Crippen LogP contribution is 2.38. The smallest absolute Gasteiger partial charge is 0.238 e. The lowest BCUT2D eigenvalue weighted by Crippen LogP contribution is -2.38. The molecule has 1 saturated heterocycles. The maximum Gasteiger partial charge on any atom is 0.238 e. The molecule has 0 atom stereocenters. The average Bonchev–Trinajstić information content (AvgIpc) is 3.42. The molecule has 0 amide bonds. The van der Waals surface area contributed by atoms with Gasteiger partial charge in [0.1, 0.15) is 18.1 Å². The maximum absolute atomic E-state index is 12.8. The topological polar surface area (TPSA) is 108 Å². The molecule has 8 nitrogen and oxygen atoms in total. The number of carbonyl (C=O) groups is 1. The molecule has 2 heterocycles. The van der Waals surface area contributed by atoms with Crippen molar-refractivity contribution < 1.29 is 27.4 Å². The van der Waals surface area contributed by atoms with E-state index in [2.05, 4.69) is 4.90 Å². The number of benzene rings is 2. The lowest BCUT2D eigenvalue weighted by Gasteiger charge is -2.26. The van der Waals surface area contributed by atoms with Gasteiger partial charge in [-0.2, -0.15) is 0 Å². The van der Waals surface area contributed by atoms with Crippen LogP contribution < -0.4 is 14.6 Å². The third-order valence-corrected chi connectivity index (χ3v) is 7.60. The number of hydrogen-bond donors (Lipinski definition) is 1. The Balaban J connectivity index is 0.00000380. The fourth-order valence-corrected chi connectivity index (χ4v) is 5.07. The minimum Gasteiger partial charge on any atom is -0.496 e. The summed E-state index contributed by atoms with van der Waals surface area (Å²) in [6.45, 7) is 4.42. The number of nitrogens with zero attached hydrogens (tertiary/aromatic N) is 1. The summed E-state index contributed by atoms with van der Waals surface area (Å²) in [6.07, 6.45) is 3.15. The minimum absolute atomic E-state index is 0.